The van der Waals surface area contributed by atoms with E-state index < -0.39 is 5.41 Å². The molecule has 3 heterocycles. The average Bonchev–Trinajstić information content (AvgIpc) is 3.49. The number of allylic oxidation sites excluding steroid dienone is 4. The number of fused-ring (bicyclic) bond motifs is 8. The highest BCUT2D eigenvalue weighted by Crippen LogP contribution is 2.61. The first-order valence-corrected chi connectivity index (χ1v) is 17.1. The van der Waals surface area contributed by atoms with E-state index in [4.69, 9.17) is 14.7 Å². The van der Waals surface area contributed by atoms with E-state index in [0.717, 1.165) is 46.1 Å². The monoisotopic (exact) mass is 641 g/mol. The number of benzene rings is 5. The third-order valence-electron chi connectivity index (χ3n) is 10.4. The molecule has 1 aliphatic heterocycles. The smallest absolute Gasteiger partial charge is 0.160 e. The lowest BCUT2D eigenvalue weighted by atomic mass is 9.64. The van der Waals surface area contributed by atoms with Crippen LogP contribution in [0.25, 0.3) is 45.2 Å². The summed E-state index contributed by atoms with van der Waals surface area (Å²) in [6.45, 7) is 0. The second kappa shape index (κ2) is 11.4. The summed E-state index contributed by atoms with van der Waals surface area (Å²) in [4.78, 5) is 14.6. The van der Waals surface area contributed by atoms with Gasteiger partial charge in [-0.1, -0.05) is 140 Å². The largest absolute Gasteiger partial charge is 0.461 e. The van der Waals surface area contributed by atoms with Crippen molar-refractivity contribution in [2.24, 2.45) is 0 Å². The van der Waals surface area contributed by atoms with E-state index in [1.807, 2.05) is 42.5 Å². The summed E-state index contributed by atoms with van der Waals surface area (Å²) in [5, 5.41) is 0. The fourth-order valence-corrected chi connectivity index (χ4v) is 8.16. The first-order chi connectivity index (χ1) is 24.8. The van der Waals surface area contributed by atoms with E-state index >= 15 is 0 Å². The lowest BCUT2D eigenvalue weighted by Crippen LogP contribution is -2.35. The Balaban J connectivity index is 1.03. The summed E-state index contributed by atoms with van der Waals surface area (Å²) in [6.07, 6.45) is 7.27. The second-order valence-electron chi connectivity index (χ2n) is 13.1. The van der Waals surface area contributed by atoms with Crippen molar-refractivity contribution in [3.05, 3.63) is 204 Å². The van der Waals surface area contributed by atoms with Gasteiger partial charge in [-0.3, -0.25) is 4.98 Å². The number of hydrogen-bond donors (Lipinski definition) is 0. The Hall–Kier alpha value is -6.39. The molecule has 0 fully saturated rings. The zero-order valence-electron chi connectivity index (χ0n) is 27.2. The van der Waals surface area contributed by atoms with Crippen LogP contribution < -0.4 is 4.74 Å². The lowest BCUT2D eigenvalue weighted by Gasteiger charge is -2.42. The SMILES string of the molecule is C1=CC(c2ccc(-c3nc(-c4ccccc4)cc(-c4ccccn4)n3)cc2)CC2=C1C1(c3ccccc3O2)c2ccccc2-c2ccccc21. The van der Waals surface area contributed by atoms with Crippen molar-refractivity contribution in [3.8, 4) is 50.9 Å². The molecule has 0 saturated carbocycles. The Morgan fingerprint density at radius 1 is 0.560 bits per heavy atom. The number of pyridine rings is 1. The van der Waals surface area contributed by atoms with Crippen molar-refractivity contribution in [1.29, 1.82) is 0 Å². The molecule has 1 unspecified atom stereocenters. The summed E-state index contributed by atoms with van der Waals surface area (Å²) in [5.41, 5.74) is 13.0. The zero-order valence-corrected chi connectivity index (χ0v) is 27.2. The molecular formula is C46H31N3O. The van der Waals surface area contributed by atoms with E-state index in [1.165, 1.54) is 39.0 Å². The number of para-hydroxylation sites is 1. The van der Waals surface area contributed by atoms with Crippen LogP contribution in [0.15, 0.2) is 181 Å². The third-order valence-corrected chi connectivity index (χ3v) is 10.4. The maximum absolute atomic E-state index is 6.81. The van der Waals surface area contributed by atoms with Crippen LogP contribution in [0.5, 0.6) is 5.75 Å². The van der Waals surface area contributed by atoms with E-state index in [2.05, 4.69) is 126 Å². The summed E-state index contributed by atoms with van der Waals surface area (Å²) < 4.78 is 6.81. The Morgan fingerprint density at radius 3 is 1.96 bits per heavy atom. The van der Waals surface area contributed by atoms with Gasteiger partial charge in [0.1, 0.15) is 11.5 Å². The molecule has 3 aliphatic rings. The van der Waals surface area contributed by atoms with E-state index in [0.29, 0.717) is 5.82 Å². The van der Waals surface area contributed by atoms with E-state index in [9.17, 15) is 0 Å². The van der Waals surface area contributed by atoms with Crippen molar-refractivity contribution in [2.75, 3.05) is 0 Å². The van der Waals surface area contributed by atoms with Gasteiger partial charge < -0.3 is 4.74 Å². The minimum Gasteiger partial charge on any atom is -0.461 e. The number of aromatic nitrogens is 3. The van der Waals surface area contributed by atoms with Gasteiger partial charge in [0.05, 0.1) is 22.5 Å². The number of nitrogens with zero attached hydrogens (tertiary/aromatic N) is 3. The number of hydrogen-bond acceptors (Lipinski definition) is 4. The standard InChI is InChI=1S/C46H31N3O/c1-2-12-31(13-3-1)41-29-42(40-19-10-11-27-47-40)49-45(48-41)32-23-21-30(22-24-32)33-25-26-39-44(28-33)50-43-20-9-8-18-38(43)46(39)36-16-6-4-14-34(36)35-15-5-7-17-37(35)46/h1-27,29,33H,28H2. The maximum Gasteiger partial charge on any atom is 0.160 e. The summed E-state index contributed by atoms with van der Waals surface area (Å²) in [7, 11) is 0. The van der Waals surface area contributed by atoms with Crippen LogP contribution in [0.4, 0.5) is 0 Å². The van der Waals surface area contributed by atoms with Crippen molar-refractivity contribution >= 4 is 0 Å². The Kier molecular flexibility index (Phi) is 6.50. The molecule has 1 atom stereocenters. The second-order valence-corrected chi connectivity index (χ2v) is 13.1. The molecule has 5 aromatic carbocycles. The summed E-state index contributed by atoms with van der Waals surface area (Å²) in [6, 6.07) is 53.2. The van der Waals surface area contributed by atoms with Gasteiger partial charge in [0.2, 0.25) is 0 Å². The number of ether oxygens (including phenoxy) is 1. The minimum absolute atomic E-state index is 0.164. The fourth-order valence-electron chi connectivity index (χ4n) is 8.16. The molecule has 4 nitrogen and oxygen atoms in total. The zero-order chi connectivity index (χ0) is 33.1. The van der Waals surface area contributed by atoms with Gasteiger partial charge in [-0.15, -0.1) is 0 Å². The maximum atomic E-state index is 6.81. The molecule has 50 heavy (non-hydrogen) atoms. The third kappa shape index (κ3) is 4.35. The average molecular weight is 642 g/mol. The molecule has 7 aromatic rings. The van der Waals surface area contributed by atoms with Crippen LogP contribution in [-0.2, 0) is 5.41 Å². The van der Waals surface area contributed by atoms with Gasteiger partial charge in [-0.2, -0.15) is 0 Å². The highest BCUT2D eigenvalue weighted by atomic mass is 16.5. The first-order valence-electron chi connectivity index (χ1n) is 17.1. The topological polar surface area (TPSA) is 47.9 Å². The predicted octanol–water partition coefficient (Wildman–Crippen LogP) is 10.6. The first kappa shape index (κ1) is 28.6. The molecule has 236 valence electrons. The summed E-state index contributed by atoms with van der Waals surface area (Å²) in [5.74, 6) is 2.81. The van der Waals surface area contributed by atoms with Gasteiger partial charge in [-0.05, 0) is 52.1 Å². The predicted molar refractivity (Wildman–Crippen MR) is 198 cm³/mol. The van der Waals surface area contributed by atoms with Gasteiger partial charge in [0.25, 0.3) is 0 Å². The van der Waals surface area contributed by atoms with Crippen molar-refractivity contribution < 1.29 is 4.74 Å². The Bertz CT molecular complexity index is 2380. The molecule has 4 heteroatoms. The van der Waals surface area contributed by atoms with Crippen molar-refractivity contribution in [3.63, 3.8) is 0 Å². The van der Waals surface area contributed by atoms with Crippen LogP contribution in [0.2, 0.25) is 0 Å². The Morgan fingerprint density at radius 2 is 1.22 bits per heavy atom. The molecule has 0 radical (unpaired) electrons. The molecule has 1 spiro atoms. The van der Waals surface area contributed by atoms with Crippen LogP contribution in [0.3, 0.4) is 0 Å². The molecule has 0 saturated heterocycles. The normalized spacial score (nSPS) is 16.3. The van der Waals surface area contributed by atoms with E-state index in [1.54, 1.807) is 6.20 Å². The molecule has 2 aliphatic carbocycles. The van der Waals surface area contributed by atoms with Crippen LogP contribution >= 0.6 is 0 Å². The number of rotatable bonds is 4. The quantitative estimate of drug-likeness (QED) is 0.192. The van der Waals surface area contributed by atoms with Gasteiger partial charge in [0, 0.05) is 40.8 Å². The van der Waals surface area contributed by atoms with Gasteiger partial charge in [0.15, 0.2) is 5.82 Å². The molecule has 0 amide bonds. The Labute approximate surface area is 291 Å². The van der Waals surface area contributed by atoms with Crippen LogP contribution in [-0.4, -0.2) is 15.0 Å². The molecule has 2 aromatic heterocycles. The summed E-state index contributed by atoms with van der Waals surface area (Å²) >= 11 is 0. The van der Waals surface area contributed by atoms with Gasteiger partial charge >= 0.3 is 0 Å². The van der Waals surface area contributed by atoms with Crippen molar-refractivity contribution in [1.82, 2.24) is 15.0 Å². The van der Waals surface area contributed by atoms with Crippen LogP contribution in [0, 0.1) is 0 Å². The van der Waals surface area contributed by atoms with Crippen LogP contribution in [0.1, 0.15) is 34.6 Å². The van der Waals surface area contributed by atoms with Gasteiger partial charge in [-0.25, -0.2) is 9.97 Å². The van der Waals surface area contributed by atoms with Crippen molar-refractivity contribution in [2.45, 2.75) is 17.8 Å². The molecule has 0 bridgehead atoms. The fraction of sp³-hybridized carbons (Fsp3) is 0.0652. The minimum atomic E-state index is -0.422. The lowest BCUT2D eigenvalue weighted by molar-refractivity contribution is 0.357. The highest BCUT2D eigenvalue weighted by molar-refractivity contribution is 5.88. The molecule has 10 rings (SSSR count). The van der Waals surface area contributed by atoms with E-state index in [-0.39, 0.29) is 5.92 Å². The molecule has 0 N–H and O–H groups in total. The highest BCUT2D eigenvalue weighted by Gasteiger charge is 2.52. The molecular weight excluding hydrogens is 611 g/mol.